The number of aliphatic hydroxyl groups is 2. The van der Waals surface area contributed by atoms with Gasteiger partial charge in [0.2, 0.25) is 0 Å². The third kappa shape index (κ3) is 5.52. The molecule has 1 atom stereocenters. The minimum atomic E-state index is -4.95. The molecule has 0 aromatic carbocycles. The van der Waals surface area contributed by atoms with Crippen LogP contribution >= 0.6 is 15.2 Å². The predicted molar refractivity (Wildman–Crippen MR) is 54.8 cm³/mol. The first-order valence-electron chi connectivity index (χ1n) is 4.34. The van der Waals surface area contributed by atoms with E-state index in [0.29, 0.717) is 0 Å². The van der Waals surface area contributed by atoms with Crippen molar-refractivity contribution >= 4 is 15.2 Å². The molecule has 0 heterocycles. The predicted octanol–water partition coefficient (Wildman–Crippen LogP) is -0.809. The van der Waals surface area contributed by atoms with Gasteiger partial charge in [0.1, 0.15) is 0 Å². The summed E-state index contributed by atoms with van der Waals surface area (Å²) in [6.07, 6.45) is -0.910. The summed E-state index contributed by atoms with van der Waals surface area (Å²) in [5, 5.41) is 15.9. The summed E-state index contributed by atoms with van der Waals surface area (Å²) in [4.78, 5) is 35.0. The van der Waals surface area contributed by atoms with Crippen molar-refractivity contribution < 1.29 is 38.9 Å². The molecule has 0 fully saturated rings. The molecule has 0 saturated heterocycles. The highest BCUT2D eigenvalue weighted by atomic mass is 31.2. The Morgan fingerprint density at radius 2 is 1.50 bits per heavy atom. The van der Waals surface area contributed by atoms with E-state index in [-0.39, 0.29) is 6.42 Å². The van der Waals surface area contributed by atoms with Gasteiger partial charge in [0.15, 0.2) is 5.40 Å². The molecule has 0 bridgehead atoms. The van der Waals surface area contributed by atoms with Crippen LogP contribution in [0.3, 0.4) is 0 Å². The van der Waals surface area contributed by atoms with E-state index in [9.17, 15) is 14.2 Å². The highest BCUT2D eigenvalue weighted by Gasteiger charge is 2.43. The lowest BCUT2D eigenvalue weighted by molar-refractivity contribution is -0.00621. The maximum absolute atomic E-state index is 10.8. The van der Waals surface area contributed by atoms with Crippen molar-refractivity contribution in [3.63, 3.8) is 0 Å². The monoisotopic (exact) mass is 278 g/mol. The van der Waals surface area contributed by atoms with Crippen LogP contribution in [0.5, 0.6) is 0 Å². The molecule has 98 valence electrons. The lowest BCUT2D eigenvalue weighted by atomic mass is 10.0. The molecule has 0 aliphatic rings. The molecule has 8 nitrogen and oxygen atoms in total. The van der Waals surface area contributed by atoms with Crippen LogP contribution in [0, 0.1) is 0 Å². The SMILES string of the molecule is CC(O)(CO)CCC(P(=O)(O)O)P(=O)(O)O. The summed E-state index contributed by atoms with van der Waals surface area (Å²) in [7, 11) is -9.90. The topological polar surface area (TPSA) is 156 Å². The van der Waals surface area contributed by atoms with Crippen LogP contribution < -0.4 is 0 Å². The third-order valence-electron chi connectivity index (χ3n) is 2.06. The lowest BCUT2D eigenvalue weighted by Crippen LogP contribution is -2.30. The first-order chi connectivity index (χ1) is 6.90. The summed E-state index contributed by atoms with van der Waals surface area (Å²) in [5.41, 5.74) is -1.62. The smallest absolute Gasteiger partial charge is 0.340 e. The van der Waals surface area contributed by atoms with Gasteiger partial charge in [-0.25, -0.2) is 0 Å². The zero-order valence-corrected chi connectivity index (χ0v) is 10.4. The van der Waals surface area contributed by atoms with Crippen molar-refractivity contribution in [2.24, 2.45) is 0 Å². The molecule has 0 aliphatic heterocycles. The Balaban J connectivity index is 4.74. The summed E-state index contributed by atoms with van der Waals surface area (Å²) in [5.74, 6) is 0. The Kier molecular flexibility index (Phi) is 5.32. The first kappa shape index (κ1) is 16.2. The van der Waals surface area contributed by atoms with E-state index in [1.807, 2.05) is 0 Å². The highest BCUT2D eigenvalue weighted by Crippen LogP contribution is 2.61. The van der Waals surface area contributed by atoms with Gasteiger partial charge in [-0.1, -0.05) is 0 Å². The highest BCUT2D eigenvalue weighted by molar-refractivity contribution is 7.70. The van der Waals surface area contributed by atoms with Crippen LogP contribution in [-0.4, -0.2) is 47.4 Å². The summed E-state index contributed by atoms with van der Waals surface area (Å²) >= 11 is 0. The minimum Gasteiger partial charge on any atom is -0.393 e. The summed E-state index contributed by atoms with van der Waals surface area (Å²) in [6, 6.07) is 0. The van der Waals surface area contributed by atoms with E-state index in [0.717, 1.165) is 0 Å². The average Bonchev–Trinajstić information content (AvgIpc) is 1.99. The van der Waals surface area contributed by atoms with E-state index in [1.165, 1.54) is 6.92 Å². The molecule has 16 heavy (non-hydrogen) atoms. The molecule has 6 N–H and O–H groups in total. The second kappa shape index (κ2) is 5.25. The number of aliphatic hydroxyl groups excluding tert-OH is 1. The fraction of sp³-hybridized carbons (Fsp3) is 1.00. The number of hydrogen-bond donors (Lipinski definition) is 6. The molecule has 0 spiro atoms. The zero-order chi connectivity index (χ0) is 13.2. The van der Waals surface area contributed by atoms with Crippen molar-refractivity contribution in [3.05, 3.63) is 0 Å². The van der Waals surface area contributed by atoms with Gasteiger partial charge in [-0.3, -0.25) is 9.13 Å². The fourth-order valence-corrected chi connectivity index (χ4v) is 3.55. The Hall–Kier alpha value is 0.220. The van der Waals surface area contributed by atoms with Crippen LogP contribution in [0.15, 0.2) is 0 Å². The third-order valence-corrected chi connectivity index (χ3v) is 5.93. The lowest BCUT2D eigenvalue weighted by Gasteiger charge is -2.24. The van der Waals surface area contributed by atoms with Gasteiger partial charge in [0.25, 0.3) is 0 Å². The van der Waals surface area contributed by atoms with E-state index in [4.69, 9.17) is 24.7 Å². The first-order valence-corrected chi connectivity index (χ1v) is 7.70. The van der Waals surface area contributed by atoms with Crippen LogP contribution in [0.4, 0.5) is 0 Å². The van der Waals surface area contributed by atoms with Gasteiger partial charge >= 0.3 is 15.2 Å². The number of hydrogen-bond acceptors (Lipinski definition) is 4. The molecule has 0 radical (unpaired) electrons. The largest absolute Gasteiger partial charge is 0.393 e. The molecule has 10 heteroatoms. The molecule has 0 amide bonds. The van der Waals surface area contributed by atoms with Crippen LogP contribution in [0.2, 0.25) is 0 Å². The Morgan fingerprint density at radius 1 is 1.12 bits per heavy atom. The van der Waals surface area contributed by atoms with Gasteiger partial charge in [-0.2, -0.15) is 0 Å². The van der Waals surface area contributed by atoms with Crippen molar-refractivity contribution in [2.75, 3.05) is 6.61 Å². The van der Waals surface area contributed by atoms with Crippen molar-refractivity contribution in [1.82, 2.24) is 0 Å². The second-order valence-electron chi connectivity index (χ2n) is 3.85. The van der Waals surface area contributed by atoms with E-state index in [1.54, 1.807) is 0 Å². The van der Waals surface area contributed by atoms with Crippen LogP contribution in [0.25, 0.3) is 0 Å². The molecule has 0 rings (SSSR count). The summed E-state index contributed by atoms with van der Waals surface area (Å²) < 4.78 is 21.7. The maximum atomic E-state index is 10.8. The molecule has 0 aliphatic carbocycles. The molecule has 0 saturated carbocycles. The molecular formula is C6H16O8P2. The van der Waals surface area contributed by atoms with Gasteiger partial charge in [0.05, 0.1) is 12.2 Å². The van der Waals surface area contributed by atoms with Crippen LogP contribution in [0.1, 0.15) is 19.8 Å². The Morgan fingerprint density at radius 3 is 1.75 bits per heavy atom. The maximum Gasteiger partial charge on any atom is 0.340 e. The standard InChI is InChI=1S/C6H16O8P2/c1-6(8,4-7)3-2-5(15(9,10)11)16(12,13)14/h5,7-8H,2-4H2,1H3,(H2,9,10,11)(H2,12,13,14). The van der Waals surface area contributed by atoms with Crippen molar-refractivity contribution in [1.29, 1.82) is 0 Å². The molecule has 0 aromatic heterocycles. The van der Waals surface area contributed by atoms with Gasteiger partial charge in [0, 0.05) is 0 Å². The van der Waals surface area contributed by atoms with Crippen molar-refractivity contribution in [3.8, 4) is 0 Å². The fourth-order valence-electron chi connectivity index (χ4n) is 1.05. The Bertz CT molecular complexity index is 292. The average molecular weight is 278 g/mol. The molecule has 1 unspecified atom stereocenters. The quantitative estimate of drug-likeness (QED) is 0.344. The summed E-state index contributed by atoms with van der Waals surface area (Å²) in [6.45, 7) is 0.533. The normalized spacial score (nSPS) is 17.5. The Labute approximate surface area is 92.3 Å². The molecule has 0 aromatic rings. The van der Waals surface area contributed by atoms with Gasteiger partial charge in [-0.05, 0) is 19.8 Å². The van der Waals surface area contributed by atoms with E-state index < -0.39 is 39.2 Å². The molecular weight excluding hydrogens is 262 g/mol. The number of rotatable bonds is 6. The van der Waals surface area contributed by atoms with Gasteiger partial charge < -0.3 is 29.8 Å². The minimum absolute atomic E-state index is 0.329. The second-order valence-corrected chi connectivity index (χ2v) is 7.86. The van der Waals surface area contributed by atoms with Gasteiger partial charge in [-0.15, -0.1) is 0 Å². The zero-order valence-electron chi connectivity index (χ0n) is 8.59. The van der Waals surface area contributed by atoms with Crippen LogP contribution in [-0.2, 0) is 9.13 Å². The van der Waals surface area contributed by atoms with E-state index in [2.05, 4.69) is 0 Å². The van der Waals surface area contributed by atoms with Crippen molar-refractivity contribution in [2.45, 2.75) is 30.8 Å². The van der Waals surface area contributed by atoms with E-state index >= 15 is 0 Å².